The third kappa shape index (κ3) is 3.70. The van der Waals surface area contributed by atoms with Gasteiger partial charge >= 0.3 is 0 Å². The molecule has 2 amide bonds. The van der Waals surface area contributed by atoms with E-state index < -0.39 is 0 Å². The molecule has 2 fully saturated rings. The number of likely N-dealkylation sites (tertiary alicyclic amines) is 1. The first kappa shape index (κ1) is 17.6. The van der Waals surface area contributed by atoms with Crippen molar-refractivity contribution in [2.45, 2.75) is 38.1 Å². The number of hydrogen-bond acceptors (Lipinski definition) is 5. The summed E-state index contributed by atoms with van der Waals surface area (Å²) < 4.78 is 1.92. The van der Waals surface area contributed by atoms with Crippen molar-refractivity contribution >= 4 is 11.8 Å². The third-order valence-electron chi connectivity index (χ3n) is 5.28. The molecule has 1 atom stereocenters. The van der Waals surface area contributed by atoms with Crippen LogP contribution in [0.5, 0.6) is 0 Å². The van der Waals surface area contributed by atoms with Crippen LogP contribution in [0.4, 0.5) is 0 Å². The highest BCUT2D eigenvalue weighted by molar-refractivity contribution is 6.04. The second kappa shape index (κ2) is 7.46. The molecule has 1 saturated carbocycles. The highest BCUT2D eigenvalue weighted by Gasteiger charge is 2.37. The number of carbonyl (C=O) groups is 2. The summed E-state index contributed by atoms with van der Waals surface area (Å²) in [6.07, 6.45) is 11.7. The molecule has 1 aliphatic carbocycles. The Morgan fingerprint density at radius 3 is 2.37 bits per heavy atom. The van der Waals surface area contributed by atoms with Gasteiger partial charge in [-0.3, -0.25) is 9.59 Å². The first-order valence-corrected chi connectivity index (χ1v) is 9.53. The van der Waals surface area contributed by atoms with Gasteiger partial charge in [0.1, 0.15) is 5.82 Å². The molecule has 2 aromatic rings. The number of imidazole rings is 1. The average Bonchev–Trinajstić information content (AvgIpc) is 3.47. The summed E-state index contributed by atoms with van der Waals surface area (Å²) in [6, 6.07) is -0.183. The van der Waals surface area contributed by atoms with E-state index in [0.29, 0.717) is 19.0 Å². The van der Waals surface area contributed by atoms with E-state index in [0.717, 1.165) is 37.9 Å². The molecular weight excluding hydrogens is 344 g/mol. The van der Waals surface area contributed by atoms with E-state index in [1.165, 1.54) is 12.4 Å². The van der Waals surface area contributed by atoms with Gasteiger partial charge in [-0.05, 0) is 38.0 Å². The van der Waals surface area contributed by atoms with Crippen LogP contribution in [-0.2, 0) is 7.05 Å². The molecule has 0 spiro atoms. The first-order valence-electron chi connectivity index (χ1n) is 9.53. The molecule has 1 aliphatic heterocycles. The lowest BCUT2D eigenvalue weighted by atomic mass is 10.1. The van der Waals surface area contributed by atoms with Crippen LogP contribution in [0.25, 0.3) is 0 Å². The van der Waals surface area contributed by atoms with Crippen molar-refractivity contribution in [3.63, 3.8) is 0 Å². The fraction of sp³-hybridized carbons (Fsp3) is 0.526. The Morgan fingerprint density at radius 2 is 1.74 bits per heavy atom. The van der Waals surface area contributed by atoms with Crippen LogP contribution in [-0.4, -0.2) is 49.3 Å². The van der Waals surface area contributed by atoms with Crippen LogP contribution < -0.4 is 5.32 Å². The Bertz CT molecular complexity index is 838. The third-order valence-corrected chi connectivity index (χ3v) is 5.28. The molecule has 1 N–H and O–H groups in total. The maximum Gasteiger partial charge on any atom is 0.274 e. The number of aromatic nitrogens is 4. The average molecular weight is 368 g/mol. The van der Waals surface area contributed by atoms with Gasteiger partial charge in [-0.25, -0.2) is 15.0 Å². The molecule has 0 aromatic carbocycles. The van der Waals surface area contributed by atoms with Gasteiger partial charge in [0.05, 0.1) is 6.04 Å². The Labute approximate surface area is 158 Å². The highest BCUT2D eigenvalue weighted by Crippen LogP contribution is 2.40. The van der Waals surface area contributed by atoms with Crippen molar-refractivity contribution in [2.75, 3.05) is 13.1 Å². The maximum absolute atomic E-state index is 13.0. The smallest absolute Gasteiger partial charge is 0.274 e. The molecule has 1 unspecified atom stereocenters. The Morgan fingerprint density at radius 1 is 1.04 bits per heavy atom. The maximum atomic E-state index is 13.0. The minimum absolute atomic E-state index is 0.0907. The van der Waals surface area contributed by atoms with E-state index in [4.69, 9.17) is 0 Å². The fourth-order valence-electron chi connectivity index (χ4n) is 3.62. The number of nitrogens with one attached hydrogen (secondary N) is 1. The summed E-state index contributed by atoms with van der Waals surface area (Å²) in [5.41, 5.74) is 0.221. The number of aryl methyl sites for hydroxylation is 1. The Hall–Kier alpha value is -2.77. The van der Waals surface area contributed by atoms with Gasteiger partial charge in [-0.2, -0.15) is 0 Å². The molecule has 2 aromatic heterocycles. The number of carbonyl (C=O) groups excluding carboxylic acids is 2. The number of nitrogens with zero attached hydrogens (tertiary/aromatic N) is 5. The minimum Gasteiger partial charge on any atom is -0.340 e. The van der Waals surface area contributed by atoms with Crippen LogP contribution in [0.1, 0.15) is 64.9 Å². The topological polar surface area (TPSA) is 93.0 Å². The summed E-state index contributed by atoms with van der Waals surface area (Å²) in [7, 11) is 1.91. The van der Waals surface area contributed by atoms with E-state index in [-0.39, 0.29) is 29.2 Å². The van der Waals surface area contributed by atoms with Crippen LogP contribution in [0, 0.1) is 5.92 Å². The molecule has 2 aliphatic rings. The molecule has 142 valence electrons. The molecular formula is C19H24N6O2. The molecule has 27 heavy (non-hydrogen) atoms. The van der Waals surface area contributed by atoms with Gasteiger partial charge in [-0.15, -0.1) is 0 Å². The first-order chi connectivity index (χ1) is 13.1. The molecule has 8 heteroatoms. The van der Waals surface area contributed by atoms with E-state index in [1.807, 2.05) is 17.8 Å². The van der Waals surface area contributed by atoms with Crippen LogP contribution in [0.3, 0.4) is 0 Å². The standard InChI is InChI=1S/C19H24N6O2/c1-24-12-9-22-17(24)14(13-5-6-13)23-18(26)15-16(21-8-7-20-15)19(27)25-10-3-2-4-11-25/h7-9,12-14H,2-6,10-11H2,1H3,(H,23,26). The van der Waals surface area contributed by atoms with Crippen LogP contribution in [0.2, 0.25) is 0 Å². The monoisotopic (exact) mass is 368 g/mol. The lowest BCUT2D eigenvalue weighted by molar-refractivity contribution is 0.0710. The van der Waals surface area contributed by atoms with E-state index in [1.54, 1.807) is 11.1 Å². The zero-order valence-corrected chi connectivity index (χ0v) is 15.5. The zero-order valence-electron chi connectivity index (χ0n) is 15.5. The zero-order chi connectivity index (χ0) is 18.8. The quantitative estimate of drug-likeness (QED) is 0.867. The second-order valence-electron chi connectivity index (χ2n) is 7.29. The number of hydrogen-bond donors (Lipinski definition) is 1. The Balaban J connectivity index is 1.56. The van der Waals surface area contributed by atoms with E-state index in [9.17, 15) is 9.59 Å². The van der Waals surface area contributed by atoms with Crippen molar-refractivity contribution in [3.05, 3.63) is 42.0 Å². The summed E-state index contributed by atoms with van der Waals surface area (Å²) in [5.74, 6) is 0.600. The van der Waals surface area contributed by atoms with Gasteiger partial charge in [0.2, 0.25) is 0 Å². The molecule has 0 radical (unpaired) electrons. The summed E-state index contributed by atoms with van der Waals surface area (Å²) in [6.45, 7) is 1.41. The van der Waals surface area contributed by atoms with E-state index >= 15 is 0 Å². The molecule has 1 saturated heterocycles. The van der Waals surface area contributed by atoms with Gasteiger partial charge in [0.15, 0.2) is 11.4 Å². The number of amides is 2. The molecule has 8 nitrogen and oxygen atoms in total. The summed E-state index contributed by atoms with van der Waals surface area (Å²) in [5, 5.41) is 3.04. The highest BCUT2D eigenvalue weighted by atomic mass is 16.2. The van der Waals surface area contributed by atoms with Crippen molar-refractivity contribution in [2.24, 2.45) is 13.0 Å². The number of piperidine rings is 1. The molecule has 3 heterocycles. The van der Waals surface area contributed by atoms with Gasteiger partial charge in [0.25, 0.3) is 11.8 Å². The lowest BCUT2D eigenvalue weighted by Gasteiger charge is -2.26. The van der Waals surface area contributed by atoms with Crippen molar-refractivity contribution < 1.29 is 9.59 Å². The SMILES string of the molecule is Cn1ccnc1C(NC(=O)c1nccnc1C(=O)N1CCCCC1)C1CC1. The van der Waals surface area contributed by atoms with Crippen molar-refractivity contribution in [3.8, 4) is 0 Å². The van der Waals surface area contributed by atoms with Crippen molar-refractivity contribution in [1.29, 1.82) is 0 Å². The normalized spacial score (nSPS) is 18.2. The van der Waals surface area contributed by atoms with Gasteiger partial charge in [-0.1, -0.05) is 0 Å². The predicted molar refractivity (Wildman–Crippen MR) is 97.9 cm³/mol. The number of rotatable bonds is 5. The van der Waals surface area contributed by atoms with Gasteiger partial charge in [0, 0.05) is 44.9 Å². The summed E-state index contributed by atoms with van der Waals surface area (Å²) >= 11 is 0. The Kier molecular flexibility index (Phi) is 4.87. The van der Waals surface area contributed by atoms with Crippen LogP contribution >= 0.6 is 0 Å². The van der Waals surface area contributed by atoms with Gasteiger partial charge < -0.3 is 14.8 Å². The van der Waals surface area contributed by atoms with E-state index in [2.05, 4.69) is 20.3 Å². The van der Waals surface area contributed by atoms with Crippen LogP contribution in [0.15, 0.2) is 24.8 Å². The minimum atomic E-state index is -0.372. The fourth-order valence-corrected chi connectivity index (χ4v) is 3.62. The molecule has 4 rings (SSSR count). The summed E-state index contributed by atoms with van der Waals surface area (Å²) in [4.78, 5) is 40.4. The molecule has 0 bridgehead atoms. The predicted octanol–water partition coefficient (Wildman–Crippen LogP) is 1.72. The second-order valence-corrected chi connectivity index (χ2v) is 7.29. The lowest BCUT2D eigenvalue weighted by Crippen LogP contribution is -2.39. The van der Waals surface area contributed by atoms with Crippen molar-refractivity contribution in [1.82, 2.24) is 29.7 Å². The largest absolute Gasteiger partial charge is 0.340 e.